The lowest BCUT2D eigenvalue weighted by molar-refractivity contribution is -0.155. The molecule has 1 fully saturated rings. The molecule has 5 heteroatoms. The average molecular weight is 243 g/mol. The van der Waals surface area contributed by atoms with Crippen LogP contribution in [0.5, 0.6) is 0 Å². The predicted molar refractivity (Wildman–Crippen MR) is 62.2 cm³/mol. The number of rotatable bonds is 5. The molecule has 0 aliphatic heterocycles. The maximum absolute atomic E-state index is 11.6. The number of carbonyl (C=O) groups excluding carboxylic acids is 1. The minimum absolute atomic E-state index is 0.0162. The van der Waals surface area contributed by atoms with Crippen molar-refractivity contribution in [1.29, 1.82) is 0 Å². The van der Waals surface area contributed by atoms with Crippen molar-refractivity contribution >= 4 is 11.9 Å². The quantitative estimate of drug-likeness (QED) is 0.571. The number of carbonyl (C=O) groups is 2. The van der Waals surface area contributed by atoms with Gasteiger partial charge >= 0.3 is 5.97 Å². The average Bonchev–Trinajstić information content (AvgIpc) is 2.53. The second-order valence-electron chi connectivity index (χ2n) is 4.63. The zero-order valence-corrected chi connectivity index (χ0v) is 10.3. The molecule has 0 radical (unpaired) electrons. The van der Waals surface area contributed by atoms with Crippen molar-refractivity contribution in [3.63, 3.8) is 0 Å². The zero-order chi connectivity index (χ0) is 12.7. The Balaban J connectivity index is 2.63. The number of amides is 1. The predicted octanol–water partition coefficient (Wildman–Crippen LogP) is 1.87. The maximum Gasteiger partial charge on any atom is 0.310 e. The van der Waals surface area contributed by atoms with Crippen LogP contribution in [0.1, 0.15) is 51.9 Å². The highest BCUT2D eigenvalue weighted by atomic mass is 16.6. The molecule has 1 rings (SSSR count). The smallest absolute Gasteiger partial charge is 0.310 e. The van der Waals surface area contributed by atoms with E-state index < -0.39 is 11.4 Å². The molecular weight excluding hydrogens is 222 g/mol. The van der Waals surface area contributed by atoms with Gasteiger partial charge in [0.15, 0.2) is 0 Å². The van der Waals surface area contributed by atoms with Gasteiger partial charge in [-0.05, 0) is 19.8 Å². The van der Waals surface area contributed by atoms with Gasteiger partial charge in [-0.15, -0.1) is 0 Å². The number of hydroxylamine groups is 1. The van der Waals surface area contributed by atoms with Gasteiger partial charge in [0.2, 0.25) is 5.91 Å². The molecule has 0 aromatic carbocycles. The third-order valence-electron chi connectivity index (χ3n) is 3.34. The molecular formula is C12H21NO4. The Labute approximate surface area is 101 Å². The SMILES string of the molecule is CCONC(=O)CC1(C(=O)O)CCCCCC1. The molecule has 17 heavy (non-hydrogen) atoms. The fraction of sp³-hybridized carbons (Fsp3) is 0.833. The van der Waals surface area contributed by atoms with E-state index in [0.29, 0.717) is 19.4 Å². The monoisotopic (exact) mass is 243 g/mol. The minimum atomic E-state index is -0.891. The first-order valence-electron chi connectivity index (χ1n) is 6.25. The first-order chi connectivity index (χ1) is 8.10. The number of hydrogen-bond acceptors (Lipinski definition) is 3. The molecule has 0 aromatic rings. The Morgan fingerprint density at radius 1 is 1.24 bits per heavy atom. The number of carboxylic acid groups (broad SMARTS) is 1. The number of hydrogen-bond donors (Lipinski definition) is 2. The second-order valence-corrected chi connectivity index (χ2v) is 4.63. The van der Waals surface area contributed by atoms with Crippen LogP contribution in [-0.2, 0) is 14.4 Å². The van der Waals surface area contributed by atoms with Gasteiger partial charge in [0.1, 0.15) is 0 Å². The van der Waals surface area contributed by atoms with E-state index in [1.807, 2.05) is 0 Å². The standard InChI is InChI=1S/C12H21NO4/c1-2-17-13-10(14)9-12(11(15)16)7-5-3-4-6-8-12/h2-9H2,1H3,(H,13,14)(H,15,16). The normalized spacial score (nSPS) is 19.4. The van der Waals surface area contributed by atoms with Crippen molar-refractivity contribution in [3.05, 3.63) is 0 Å². The highest BCUT2D eigenvalue weighted by Gasteiger charge is 2.40. The highest BCUT2D eigenvalue weighted by Crippen LogP contribution is 2.38. The van der Waals surface area contributed by atoms with Crippen LogP contribution in [0.15, 0.2) is 0 Å². The van der Waals surface area contributed by atoms with E-state index in [1.165, 1.54) is 0 Å². The van der Waals surface area contributed by atoms with Gasteiger partial charge in [-0.25, -0.2) is 5.48 Å². The third kappa shape index (κ3) is 4.00. The van der Waals surface area contributed by atoms with E-state index in [2.05, 4.69) is 5.48 Å². The summed E-state index contributed by atoms with van der Waals surface area (Å²) >= 11 is 0. The second kappa shape index (κ2) is 6.59. The van der Waals surface area contributed by atoms with Crippen molar-refractivity contribution in [1.82, 2.24) is 5.48 Å². The Kier molecular flexibility index (Phi) is 5.41. The topological polar surface area (TPSA) is 75.6 Å². The van der Waals surface area contributed by atoms with E-state index in [-0.39, 0.29) is 12.3 Å². The molecule has 2 N–H and O–H groups in total. The summed E-state index contributed by atoms with van der Waals surface area (Å²) in [5.74, 6) is -1.19. The van der Waals surface area contributed by atoms with Crippen molar-refractivity contribution in [2.24, 2.45) is 5.41 Å². The molecule has 0 atom stereocenters. The van der Waals surface area contributed by atoms with Gasteiger partial charge < -0.3 is 5.11 Å². The van der Waals surface area contributed by atoms with Crippen molar-refractivity contribution < 1.29 is 19.5 Å². The molecule has 1 saturated carbocycles. The summed E-state index contributed by atoms with van der Waals surface area (Å²) in [6.07, 6.45) is 5.07. The molecule has 1 amide bonds. The van der Waals surface area contributed by atoms with E-state index >= 15 is 0 Å². The lowest BCUT2D eigenvalue weighted by Gasteiger charge is -2.27. The van der Waals surface area contributed by atoms with Crippen LogP contribution in [0.25, 0.3) is 0 Å². The van der Waals surface area contributed by atoms with E-state index in [4.69, 9.17) is 4.84 Å². The van der Waals surface area contributed by atoms with Gasteiger partial charge in [-0.3, -0.25) is 14.4 Å². The van der Waals surface area contributed by atoms with Crippen molar-refractivity contribution in [3.8, 4) is 0 Å². The van der Waals surface area contributed by atoms with Crippen LogP contribution in [0.3, 0.4) is 0 Å². The summed E-state index contributed by atoms with van der Waals surface area (Å²) in [7, 11) is 0. The van der Waals surface area contributed by atoms with Crippen LogP contribution >= 0.6 is 0 Å². The van der Waals surface area contributed by atoms with Crippen LogP contribution in [0, 0.1) is 5.41 Å². The molecule has 0 heterocycles. The largest absolute Gasteiger partial charge is 0.481 e. The summed E-state index contributed by atoms with van der Waals surface area (Å²) < 4.78 is 0. The summed E-state index contributed by atoms with van der Waals surface area (Å²) in [5.41, 5.74) is 1.39. The van der Waals surface area contributed by atoms with Crippen LogP contribution < -0.4 is 5.48 Å². The van der Waals surface area contributed by atoms with E-state index in [1.54, 1.807) is 6.92 Å². The number of nitrogens with one attached hydrogen (secondary N) is 1. The first-order valence-corrected chi connectivity index (χ1v) is 6.25. The Bertz CT molecular complexity index is 270. The molecule has 98 valence electrons. The van der Waals surface area contributed by atoms with Crippen molar-refractivity contribution in [2.45, 2.75) is 51.9 Å². The summed E-state index contributed by atoms with van der Waals surface area (Å²) in [6.45, 7) is 2.14. The fourth-order valence-electron chi connectivity index (χ4n) is 2.37. The zero-order valence-electron chi connectivity index (χ0n) is 10.3. The summed E-state index contributed by atoms with van der Waals surface area (Å²) in [4.78, 5) is 27.8. The van der Waals surface area contributed by atoms with Gasteiger partial charge in [0.25, 0.3) is 0 Å². The molecule has 0 bridgehead atoms. The van der Waals surface area contributed by atoms with Crippen molar-refractivity contribution in [2.75, 3.05) is 6.61 Å². The molecule has 1 aliphatic carbocycles. The Morgan fingerprint density at radius 3 is 2.29 bits per heavy atom. The third-order valence-corrected chi connectivity index (χ3v) is 3.34. The van der Waals surface area contributed by atoms with Crippen LogP contribution in [0.2, 0.25) is 0 Å². The van der Waals surface area contributed by atoms with Gasteiger partial charge in [-0.1, -0.05) is 25.7 Å². The highest BCUT2D eigenvalue weighted by molar-refractivity contribution is 5.84. The van der Waals surface area contributed by atoms with Crippen LogP contribution in [-0.4, -0.2) is 23.6 Å². The maximum atomic E-state index is 11.6. The molecule has 0 unspecified atom stereocenters. The van der Waals surface area contributed by atoms with Gasteiger partial charge in [-0.2, -0.15) is 0 Å². The Morgan fingerprint density at radius 2 is 1.82 bits per heavy atom. The molecule has 0 spiro atoms. The molecule has 0 saturated heterocycles. The lowest BCUT2D eigenvalue weighted by Crippen LogP contribution is -2.37. The van der Waals surface area contributed by atoms with E-state index in [9.17, 15) is 14.7 Å². The fourth-order valence-corrected chi connectivity index (χ4v) is 2.37. The number of aliphatic carboxylic acids is 1. The minimum Gasteiger partial charge on any atom is -0.481 e. The summed E-state index contributed by atoms with van der Waals surface area (Å²) in [5, 5.41) is 9.37. The van der Waals surface area contributed by atoms with Gasteiger partial charge in [0, 0.05) is 6.42 Å². The summed E-state index contributed by atoms with van der Waals surface area (Å²) in [6, 6.07) is 0. The lowest BCUT2D eigenvalue weighted by atomic mass is 9.77. The van der Waals surface area contributed by atoms with Crippen LogP contribution in [0.4, 0.5) is 0 Å². The van der Waals surface area contributed by atoms with E-state index in [0.717, 1.165) is 25.7 Å². The first kappa shape index (κ1) is 14.0. The molecule has 0 aromatic heterocycles. The Hall–Kier alpha value is -1.10. The number of carboxylic acids is 1. The van der Waals surface area contributed by atoms with Gasteiger partial charge in [0.05, 0.1) is 12.0 Å². The molecule has 5 nitrogen and oxygen atoms in total. The molecule has 1 aliphatic rings.